The Morgan fingerprint density at radius 3 is 2.93 bits per heavy atom. The first-order valence-corrected chi connectivity index (χ1v) is 4.11. The zero-order valence-electron chi connectivity index (χ0n) is 7.87. The van der Waals surface area contributed by atoms with E-state index in [1.807, 2.05) is 0 Å². The van der Waals surface area contributed by atoms with Gasteiger partial charge in [0, 0.05) is 0 Å². The fraction of sp³-hybridized carbons (Fsp3) is 0.222. The first-order valence-electron chi connectivity index (χ1n) is 4.11. The normalized spacial score (nSPS) is 10.4. The van der Waals surface area contributed by atoms with E-state index in [0.29, 0.717) is 22.5 Å². The molecule has 0 amide bonds. The third-order valence-corrected chi connectivity index (χ3v) is 1.92. The van der Waals surface area contributed by atoms with Crippen LogP contribution < -0.4 is 10.3 Å². The van der Waals surface area contributed by atoms with Gasteiger partial charge in [0.2, 0.25) is 0 Å². The van der Waals surface area contributed by atoms with Crippen molar-refractivity contribution >= 4 is 10.9 Å². The van der Waals surface area contributed by atoms with Crippen LogP contribution in [0.5, 0.6) is 5.75 Å². The molecule has 2 rings (SSSR count). The highest BCUT2D eigenvalue weighted by atomic mass is 16.5. The van der Waals surface area contributed by atoms with Crippen molar-refractivity contribution in [3.8, 4) is 5.75 Å². The van der Waals surface area contributed by atoms with Crippen LogP contribution in [-0.4, -0.2) is 22.1 Å². The second-order valence-corrected chi connectivity index (χ2v) is 2.89. The van der Waals surface area contributed by atoms with Crippen LogP contribution in [0.25, 0.3) is 10.9 Å². The molecule has 0 spiro atoms. The molecule has 1 N–H and O–H groups in total. The molecule has 0 saturated carbocycles. The highest BCUT2D eigenvalue weighted by Crippen LogP contribution is 2.17. The maximum atomic E-state index is 11.6. The second-order valence-electron chi connectivity index (χ2n) is 2.89. The topological polar surface area (TPSA) is 67.9 Å². The fourth-order valence-corrected chi connectivity index (χ4v) is 1.33. The van der Waals surface area contributed by atoms with Gasteiger partial charge in [-0.3, -0.25) is 9.78 Å². The molecule has 0 radical (unpaired) electrons. The number of aromatic nitrogens is 3. The fourth-order valence-electron chi connectivity index (χ4n) is 1.33. The maximum Gasteiger partial charge on any atom is 0.262 e. The molecule has 2 aromatic heterocycles. The lowest BCUT2D eigenvalue weighted by atomic mass is 10.3. The van der Waals surface area contributed by atoms with Crippen molar-refractivity contribution < 1.29 is 4.74 Å². The molecule has 0 atom stereocenters. The van der Waals surface area contributed by atoms with Crippen LogP contribution >= 0.6 is 0 Å². The van der Waals surface area contributed by atoms with Crippen LogP contribution in [-0.2, 0) is 0 Å². The SMILES string of the molecule is COc1cncc2nc(C)[nH]c(=O)c12. The molecule has 0 unspecified atom stereocenters. The van der Waals surface area contributed by atoms with Crippen molar-refractivity contribution in [2.24, 2.45) is 0 Å². The van der Waals surface area contributed by atoms with E-state index in [0.717, 1.165) is 0 Å². The van der Waals surface area contributed by atoms with Gasteiger partial charge in [-0.2, -0.15) is 0 Å². The van der Waals surface area contributed by atoms with Crippen LogP contribution in [0.1, 0.15) is 5.82 Å². The van der Waals surface area contributed by atoms with E-state index in [1.165, 1.54) is 13.3 Å². The summed E-state index contributed by atoms with van der Waals surface area (Å²) in [5, 5.41) is 0.438. The molecule has 0 aliphatic carbocycles. The maximum absolute atomic E-state index is 11.6. The number of pyridine rings is 1. The van der Waals surface area contributed by atoms with Crippen molar-refractivity contribution in [1.29, 1.82) is 0 Å². The van der Waals surface area contributed by atoms with E-state index in [-0.39, 0.29) is 5.56 Å². The van der Waals surface area contributed by atoms with Gasteiger partial charge in [-0.1, -0.05) is 0 Å². The molecule has 0 bridgehead atoms. The Hall–Kier alpha value is -1.91. The van der Waals surface area contributed by atoms with Gasteiger partial charge in [-0.15, -0.1) is 0 Å². The summed E-state index contributed by atoms with van der Waals surface area (Å²) in [4.78, 5) is 22.3. The van der Waals surface area contributed by atoms with Crippen LogP contribution in [0.2, 0.25) is 0 Å². The lowest BCUT2D eigenvalue weighted by Crippen LogP contribution is -2.11. The minimum Gasteiger partial charge on any atom is -0.494 e. The minimum atomic E-state index is -0.202. The quantitative estimate of drug-likeness (QED) is 0.718. The Morgan fingerprint density at radius 1 is 1.43 bits per heavy atom. The summed E-state index contributed by atoms with van der Waals surface area (Å²) in [5.41, 5.74) is 0.345. The van der Waals surface area contributed by atoms with Gasteiger partial charge in [0.05, 0.1) is 25.0 Å². The molecule has 14 heavy (non-hydrogen) atoms. The number of hydrogen-bond donors (Lipinski definition) is 1. The number of aryl methyl sites for hydroxylation is 1. The molecular formula is C9H9N3O2. The summed E-state index contributed by atoms with van der Waals surface area (Å²) in [6.45, 7) is 1.72. The number of ether oxygens (including phenoxy) is 1. The van der Waals surface area contributed by atoms with Crippen LogP contribution in [0, 0.1) is 6.92 Å². The molecule has 2 heterocycles. The van der Waals surface area contributed by atoms with E-state index in [2.05, 4.69) is 15.0 Å². The zero-order chi connectivity index (χ0) is 10.1. The molecule has 0 aromatic carbocycles. The number of fused-ring (bicyclic) bond motifs is 1. The average molecular weight is 191 g/mol. The molecule has 2 aromatic rings. The third kappa shape index (κ3) is 1.22. The summed E-state index contributed by atoms with van der Waals surface area (Å²) < 4.78 is 5.03. The average Bonchev–Trinajstić information content (AvgIpc) is 2.16. The summed E-state index contributed by atoms with van der Waals surface area (Å²) >= 11 is 0. The first kappa shape index (κ1) is 8.68. The van der Waals surface area contributed by atoms with Gasteiger partial charge in [-0.25, -0.2) is 4.98 Å². The van der Waals surface area contributed by atoms with E-state index >= 15 is 0 Å². The highest BCUT2D eigenvalue weighted by molar-refractivity contribution is 5.82. The van der Waals surface area contributed by atoms with Crippen LogP contribution in [0.15, 0.2) is 17.2 Å². The zero-order valence-corrected chi connectivity index (χ0v) is 7.87. The number of nitrogens with one attached hydrogen (secondary N) is 1. The Labute approximate surface area is 79.8 Å². The Balaban J connectivity index is 2.94. The summed E-state index contributed by atoms with van der Waals surface area (Å²) in [5.74, 6) is 1.01. The van der Waals surface area contributed by atoms with Gasteiger partial charge >= 0.3 is 0 Å². The molecule has 5 nitrogen and oxygen atoms in total. The smallest absolute Gasteiger partial charge is 0.262 e. The molecule has 72 valence electrons. The molecule has 5 heteroatoms. The molecule has 0 saturated heterocycles. The first-order chi connectivity index (χ1) is 6.72. The van der Waals surface area contributed by atoms with Gasteiger partial charge in [0.25, 0.3) is 5.56 Å². The van der Waals surface area contributed by atoms with E-state index in [1.54, 1.807) is 13.1 Å². The van der Waals surface area contributed by atoms with Crippen molar-refractivity contribution in [3.05, 3.63) is 28.6 Å². The van der Waals surface area contributed by atoms with Crippen LogP contribution in [0.3, 0.4) is 0 Å². The van der Waals surface area contributed by atoms with Crippen LogP contribution in [0.4, 0.5) is 0 Å². The van der Waals surface area contributed by atoms with Crippen molar-refractivity contribution in [2.45, 2.75) is 6.92 Å². The third-order valence-electron chi connectivity index (χ3n) is 1.92. The lowest BCUT2D eigenvalue weighted by molar-refractivity contribution is 0.417. The van der Waals surface area contributed by atoms with Gasteiger partial charge < -0.3 is 9.72 Å². The van der Waals surface area contributed by atoms with Gasteiger partial charge in [-0.05, 0) is 6.92 Å². The highest BCUT2D eigenvalue weighted by Gasteiger charge is 2.07. The Bertz CT molecular complexity index is 533. The number of methoxy groups -OCH3 is 1. The predicted octanol–water partition coefficient (Wildman–Crippen LogP) is 0.635. The monoisotopic (exact) mass is 191 g/mol. The Kier molecular flexibility index (Phi) is 1.92. The summed E-state index contributed by atoms with van der Waals surface area (Å²) in [6.07, 6.45) is 3.04. The van der Waals surface area contributed by atoms with Gasteiger partial charge in [0.1, 0.15) is 11.2 Å². The molecule has 0 fully saturated rings. The second kappa shape index (κ2) is 3.10. The molecular weight excluding hydrogens is 182 g/mol. The van der Waals surface area contributed by atoms with Crippen molar-refractivity contribution in [3.63, 3.8) is 0 Å². The van der Waals surface area contributed by atoms with Crippen molar-refractivity contribution in [2.75, 3.05) is 7.11 Å². The molecule has 0 aliphatic heterocycles. The standard InChI is InChI=1S/C9H9N3O2/c1-5-11-6-3-10-4-7(14-2)8(6)9(13)12-5/h3-4H,1-2H3,(H,11,12,13). The van der Waals surface area contributed by atoms with E-state index < -0.39 is 0 Å². The van der Waals surface area contributed by atoms with Crippen molar-refractivity contribution in [1.82, 2.24) is 15.0 Å². The van der Waals surface area contributed by atoms with Gasteiger partial charge in [0.15, 0.2) is 5.75 Å². The van der Waals surface area contributed by atoms with E-state index in [9.17, 15) is 4.79 Å². The van der Waals surface area contributed by atoms with E-state index in [4.69, 9.17) is 4.74 Å². The number of nitrogens with zero attached hydrogens (tertiary/aromatic N) is 2. The number of H-pyrrole nitrogens is 1. The number of rotatable bonds is 1. The predicted molar refractivity (Wildman–Crippen MR) is 51.4 cm³/mol. The summed E-state index contributed by atoms with van der Waals surface area (Å²) in [6, 6.07) is 0. The largest absolute Gasteiger partial charge is 0.494 e. The number of aromatic amines is 1. The Morgan fingerprint density at radius 2 is 2.21 bits per heavy atom. The molecule has 0 aliphatic rings. The number of hydrogen-bond acceptors (Lipinski definition) is 4. The summed E-state index contributed by atoms with van der Waals surface area (Å²) in [7, 11) is 1.50. The lowest BCUT2D eigenvalue weighted by Gasteiger charge is -2.02. The minimum absolute atomic E-state index is 0.202.